The molecule has 0 radical (unpaired) electrons. The van der Waals surface area contributed by atoms with Crippen LogP contribution < -0.4 is 16.4 Å². The average Bonchev–Trinajstić information content (AvgIpc) is 3.24. The molecular formula is C17H24N4O5S. The molecule has 10 heteroatoms. The van der Waals surface area contributed by atoms with Gasteiger partial charge in [-0.05, 0) is 0 Å². The van der Waals surface area contributed by atoms with Gasteiger partial charge in [-0.25, -0.2) is 4.79 Å². The van der Waals surface area contributed by atoms with E-state index in [9.17, 15) is 14.7 Å². The molecule has 27 heavy (non-hydrogen) atoms. The van der Waals surface area contributed by atoms with Gasteiger partial charge in [-0.2, -0.15) is 0 Å². The highest BCUT2D eigenvalue weighted by Crippen LogP contribution is 2.61. The number of Topliss-reactive ketones (excluding diaryl/α,β-unsaturated/α-hetero) is 1. The predicted octanol–water partition coefficient (Wildman–Crippen LogP) is -1.42. The van der Waals surface area contributed by atoms with Crippen molar-refractivity contribution in [2.75, 3.05) is 32.6 Å². The fraction of sp³-hybridized carbons (Fsp3) is 0.765. The van der Waals surface area contributed by atoms with E-state index in [4.69, 9.17) is 15.2 Å². The zero-order valence-electron chi connectivity index (χ0n) is 15.2. The number of methoxy groups -OCH3 is 1. The summed E-state index contributed by atoms with van der Waals surface area (Å²) in [5.74, 6) is -0.125. The molecule has 5 aliphatic rings. The van der Waals surface area contributed by atoms with Crippen molar-refractivity contribution in [2.24, 2.45) is 17.6 Å². The number of piperazine rings is 1. The van der Waals surface area contributed by atoms with Gasteiger partial charge >= 0.3 is 6.09 Å². The summed E-state index contributed by atoms with van der Waals surface area (Å²) in [6.07, 6.45) is -0.881. The molecule has 3 fully saturated rings. The maximum absolute atomic E-state index is 13.3. The number of carbonyl (C=O) groups excluding carboxylic acids is 2. The first kappa shape index (κ1) is 17.7. The van der Waals surface area contributed by atoms with E-state index >= 15 is 0 Å². The van der Waals surface area contributed by atoms with Gasteiger partial charge in [0.1, 0.15) is 6.61 Å². The maximum Gasteiger partial charge on any atom is 0.404 e. The smallest absolute Gasteiger partial charge is 0.404 e. The average molecular weight is 396 g/mol. The van der Waals surface area contributed by atoms with Crippen LogP contribution in [0.2, 0.25) is 0 Å². The van der Waals surface area contributed by atoms with Crippen molar-refractivity contribution in [3.8, 4) is 0 Å². The first-order valence-corrected chi connectivity index (χ1v) is 10.2. The number of nitrogens with two attached hydrogens (primary N) is 1. The van der Waals surface area contributed by atoms with Crippen molar-refractivity contribution in [3.63, 3.8) is 0 Å². The van der Waals surface area contributed by atoms with Gasteiger partial charge in [-0.3, -0.25) is 4.79 Å². The zero-order valence-corrected chi connectivity index (χ0v) is 16.0. The Hall–Kier alpha value is -1.33. The number of nitrogens with one attached hydrogen (secondary N) is 2. The highest BCUT2D eigenvalue weighted by atomic mass is 32.2. The van der Waals surface area contributed by atoms with E-state index < -0.39 is 28.7 Å². The van der Waals surface area contributed by atoms with Crippen molar-refractivity contribution < 1.29 is 24.2 Å². The molecule has 1 aliphatic carbocycles. The fourth-order valence-corrected chi connectivity index (χ4v) is 7.04. The van der Waals surface area contributed by atoms with Crippen molar-refractivity contribution in [3.05, 3.63) is 11.3 Å². The normalized spacial score (nSPS) is 47.3. The minimum absolute atomic E-state index is 0.000949. The quantitative estimate of drug-likeness (QED) is 0.424. The summed E-state index contributed by atoms with van der Waals surface area (Å²) in [7, 11) is 1.60. The van der Waals surface area contributed by atoms with Gasteiger partial charge in [0.05, 0.1) is 23.7 Å². The Bertz CT molecular complexity index is 762. The molecule has 0 aromatic carbocycles. The number of allylic oxidation sites excluding steroid dienone is 1. The molecule has 0 aromatic rings. The Morgan fingerprint density at radius 1 is 1.48 bits per heavy atom. The minimum atomic E-state index is -1.26. The van der Waals surface area contributed by atoms with E-state index in [0.29, 0.717) is 17.8 Å². The molecule has 148 valence electrons. The number of primary amides is 1. The number of ketones is 1. The highest BCUT2D eigenvalue weighted by Gasteiger charge is 2.75. The maximum atomic E-state index is 13.3. The van der Waals surface area contributed by atoms with Crippen LogP contribution in [0.25, 0.3) is 0 Å². The number of rotatable bonds is 3. The molecule has 0 bridgehead atoms. The van der Waals surface area contributed by atoms with E-state index in [0.717, 1.165) is 12.3 Å². The first-order chi connectivity index (χ1) is 12.9. The summed E-state index contributed by atoms with van der Waals surface area (Å²) in [6, 6.07) is -0.153. The number of thioether (sulfide) groups is 1. The van der Waals surface area contributed by atoms with Gasteiger partial charge in [0.15, 0.2) is 16.4 Å². The standard InChI is InChI=1S/C17H24N4O5S/c1-7-12(22)11-10(17(24)13(7)19-3-4-27-17)8(6-26-15(18)23)16(25-2)14-9(20-14)5-21(11)16/h7-9,13-14,19-20,24H,3-6H2,1-2H3,(H2,18,23)/t7?,8-,9+,13?,14+,16-,17?/m1/s1. The van der Waals surface area contributed by atoms with Crippen LogP contribution in [0.5, 0.6) is 0 Å². The molecule has 3 saturated heterocycles. The van der Waals surface area contributed by atoms with Crippen molar-refractivity contribution in [1.82, 2.24) is 15.5 Å². The van der Waals surface area contributed by atoms with Crippen LogP contribution in [0.3, 0.4) is 0 Å². The minimum Gasteiger partial charge on any atom is -0.449 e. The van der Waals surface area contributed by atoms with Crippen LogP contribution >= 0.6 is 11.8 Å². The molecule has 5 N–H and O–H groups in total. The topological polar surface area (TPSA) is 136 Å². The van der Waals surface area contributed by atoms with E-state index in [1.54, 1.807) is 7.11 Å². The second-order valence-corrected chi connectivity index (χ2v) is 9.21. The number of ether oxygens (including phenoxy) is 2. The third-order valence-corrected chi connectivity index (χ3v) is 8.09. The molecule has 4 heterocycles. The Morgan fingerprint density at radius 2 is 2.26 bits per heavy atom. The van der Waals surface area contributed by atoms with Crippen LogP contribution in [0.15, 0.2) is 11.3 Å². The summed E-state index contributed by atoms with van der Waals surface area (Å²) < 4.78 is 11.2. The van der Waals surface area contributed by atoms with Gasteiger partial charge in [0.25, 0.3) is 0 Å². The number of carbonyl (C=O) groups is 2. The molecule has 1 amide bonds. The monoisotopic (exact) mass is 396 g/mol. The Morgan fingerprint density at radius 3 is 2.96 bits per heavy atom. The molecular weight excluding hydrogens is 372 g/mol. The molecule has 4 aliphatic heterocycles. The van der Waals surface area contributed by atoms with Crippen LogP contribution in [0, 0.1) is 11.8 Å². The number of aliphatic hydroxyl groups is 1. The Balaban J connectivity index is 1.68. The lowest BCUT2D eigenvalue weighted by Crippen LogP contribution is -2.62. The van der Waals surface area contributed by atoms with Crippen molar-refractivity contribution in [1.29, 1.82) is 0 Å². The second-order valence-electron chi connectivity index (χ2n) is 7.89. The number of hydrogen-bond acceptors (Lipinski definition) is 9. The van der Waals surface area contributed by atoms with Gasteiger partial charge in [-0.1, -0.05) is 6.92 Å². The van der Waals surface area contributed by atoms with Gasteiger partial charge in [0, 0.05) is 43.5 Å². The van der Waals surface area contributed by atoms with E-state index in [-0.39, 0.29) is 30.4 Å². The molecule has 9 nitrogen and oxygen atoms in total. The van der Waals surface area contributed by atoms with Crippen molar-refractivity contribution >= 4 is 23.6 Å². The lowest BCUT2D eigenvalue weighted by atomic mass is 9.75. The lowest BCUT2D eigenvalue weighted by molar-refractivity contribution is -0.138. The second kappa shape index (κ2) is 5.60. The third-order valence-electron chi connectivity index (χ3n) is 6.77. The molecule has 0 saturated carbocycles. The summed E-state index contributed by atoms with van der Waals surface area (Å²) in [4.78, 5) is 25.4. The van der Waals surface area contributed by atoms with Gasteiger partial charge in [0.2, 0.25) is 0 Å². The first-order valence-electron chi connectivity index (χ1n) is 9.26. The summed E-state index contributed by atoms with van der Waals surface area (Å²) >= 11 is 1.44. The number of nitrogens with zero attached hydrogens (tertiary/aromatic N) is 1. The van der Waals surface area contributed by atoms with Gasteiger partial charge < -0.3 is 35.8 Å². The molecule has 5 rings (SSSR count). The highest BCUT2D eigenvalue weighted by molar-refractivity contribution is 8.00. The number of amides is 1. The summed E-state index contributed by atoms with van der Waals surface area (Å²) in [5.41, 5.74) is 5.51. The SMILES string of the molecule is CO[C@@]12[C@H](COC(N)=O)C3=C(C(=O)C(C)C4NCCSC34O)N1C[C@@H]1N[C@@H]12. The van der Waals surface area contributed by atoms with Crippen LogP contribution in [-0.4, -0.2) is 83.2 Å². The fourth-order valence-electron chi connectivity index (χ4n) is 5.65. The molecule has 3 unspecified atom stereocenters. The Labute approximate surface area is 161 Å². The van der Waals surface area contributed by atoms with Crippen LogP contribution in [0.4, 0.5) is 4.79 Å². The molecule has 0 aromatic heterocycles. The van der Waals surface area contributed by atoms with E-state index in [1.165, 1.54) is 11.8 Å². The van der Waals surface area contributed by atoms with Crippen LogP contribution in [-0.2, 0) is 14.3 Å². The third kappa shape index (κ3) is 2.05. The van der Waals surface area contributed by atoms with Crippen molar-refractivity contribution in [2.45, 2.75) is 35.7 Å². The zero-order chi connectivity index (χ0) is 19.1. The lowest BCUT2D eigenvalue weighted by Gasteiger charge is -2.47. The van der Waals surface area contributed by atoms with E-state index in [2.05, 4.69) is 10.6 Å². The van der Waals surface area contributed by atoms with Gasteiger partial charge in [-0.15, -0.1) is 11.8 Å². The molecule has 7 atom stereocenters. The molecule has 0 spiro atoms. The Kier molecular flexibility index (Phi) is 3.68. The summed E-state index contributed by atoms with van der Waals surface area (Å²) in [6.45, 7) is 3.17. The summed E-state index contributed by atoms with van der Waals surface area (Å²) in [5, 5.41) is 18.5. The van der Waals surface area contributed by atoms with Crippen LogP contribution in [0.1, 0.15) is 6.92 Å². The number of hydrogen-bond donors (Lipinski definition) is 4. The predicted molar refractivity (Wildman–Crippen MR) is 96.6 cm³/mol. The number of fused-ring (bicyclic) bond motifs is 6. The van der Waals surface area contributed by atoms with E-state index in [1.807, 2.05) is 11.8 Å². The largest absolute Gasteiger partial charge is 0.449 e.